The summed E-state index contributed by atoms with van der Waals surface area (Å²) in [5.74, 6) is 0.779. The molecular weight excluding hydrogens is 428 g/mol. The number of anilines is 4. The Kier molecular flexibility index (Phi) is 6.06. The van der Waals surface area contributed by atoms with Crippen LogP contribution in [0.1, 0.15) is 21.5 Å². The first kappa shape index (κ1) is 22.2. The number of nitrogens with zero attached hydrogens (tertiary/aromatic N) is 5. The molecule has 1 fully saturated rings. The van der Waals surface area contributed by atoms with E-state index in [1.54, 1.807) is 19.5 Å². The van der Waals surface area contributed by atoms with Gasteiger partial charge in [-0.05, 0) is 61.9 Å². The summed E-state index contributed by atoms with van der Waals surface area (Å²) in [4.78, 5) is 27.8. The molecule has 0 bridgehead atoms. The number of fused-ring (bicyclic) bond motifs is 1. The molecule has 8 nitrogen and oxygen atoms in total. The highest BCUT2D eigenvalue weighted by Crippen LogP contribution is 2.42. The largest absolute Gasteiger partial charge is 0.495 e. The van der Waals surface area contributed by atoms with E-state index in [4.69, 9.17) is 4.74 Å². The van der Waals surface area contributed by atoms with Crippen LogP contribution in [0.3, 0.4) is 0 Å². The summed E-state index contributed by atoms with van der Waals surface area (Å²) in [6.45, 7) is 6.93. The minimum absolute atomic E-state index is 0.164. The van der Waals surface area contributed by atoms with Gasteiger partial charge in [-0.3, -0.25) is 4.79 Å². The lowest BCUT2D eigenvalue weighted by molar-refractivity contribution is 0.102. The molecule has 1 aromatic heterocycles. The van der Waals surface area contributed by atoms with Crippen LogP contribution >= 0.6 is 0 Å². The maximum Gasteiger partial charge on any atom is 0.256 e. The average molecular weight is 459 g/mol. The van der Waals surface area contributed by atoms with Gasteiger partial charge in [0.15, 0.2) is 0 Å². The number of hydrogen-bond acceptors (Lipinski definition) is 7. The quantitative estimate of drug-likeness (QED) is 0.627. The molecule has 1 N–H and O–H groups in total. The number of nitrogens with one attached hydrogen (secondary N) is 1. The zero-order chi connectivity index (χ0) is 23.7. The second-order valence-electron chi connectivity index (χ2n) is 8.93. The number of carbonyl (C=O) groups is 1. The summed E-state index contributed by atoms with van der Waals surface area (Å²) in [5.41, 5.74) is 6.89. The third-order valence-electron chi connectivity index (χ3n) is 6.70. The fourth-order valence-corrected chi connectivity index (χ4v) is 4.76. The molecule has 0 radical (unpaired) electrons. The number of likely N-dealkylation sites (N-methyl/N-ethyl adjacent to an activating group) is 1. The predicted molar refractivity (Wildman–Crippen MR) is 135 cm³/mol. The first-order valence-corrected chi connectivity index (χ1v) is 11.6. The van der Waals surface area contributed by atoms with E-state index in [1.165, 1.54) is 17.6 Å². The third-order valence-corrected chi connectivity index (χ3v) is 6.70. The van der Waals surface area contributed by atoms with E-state index in [0.29, 0.717) is 11.3 Å². The van der Waals surface area contributed by atoms with Gasteiger partial charge in [-0.2, -0.15) is 0 Å². The molecule has 0 atom stereocenters. The van der Waals surface area contributed by atoms with Gasteiger partial charge < -0.3 is 24.8 Å². The van der Waals surface area contributed by atoms with Crippen LogP contribution in [0.4, 0.5) is 22.7 Å². The van der Waals surface area contributed by atoms with Gasteiger partial charge in [0.2, 0.25) is 0 Å². The zero-order valence-electron chi connectivity index (χ0n) is 19.9. The molecule has 0 saturated carbocycles. The van der Waals surface area contributed by atoms with Gasteiger partial charge in [-0.25, -0.2) is 9.97 Å². The first-order valence-electron chi connectivity index (χ1n) is 11.6. The molecule has 0 unspecified atom stereocenters. The molecule has 0 spiro atoms. The minimum Gasteiger partial charge on any atom is -0.495 e. The second-order valence-corrected chi connectivity index (χ2v) is 8.93. The van der Waals surface area contributed by atoms with Crippen LogP contribution in [-0.2, 0) is 6.42 Å². The number of carbonyl (C=O) groups excluding carboxylic acids is 1. The minimum atomic E-state index is -0.164. The van der Waals surface area contributed by atoms with E-state index in [0.717, 1.165) is 61.8 Å². The number of aryl methyl sites for hydroxylation is 1. The summed E-state index contributed by atoms with van der Waals surface area (Å²) < 4.78 is 5.77. The highest BCUT2D eigenvalue weighted by atomic mass is 16.5. The van der Waals surface area contributed by atoms with Crippen molar-refractivity contribution in [3.05, 3.63) is 65.7 Å². The Morgan fingerprint density at radius 3 is 2.47 bits per heavy atom. The molecular formula is C26H30N6O2. The summed E-state index contributed by atoms with van der Waals surface area (Å²) in [6.07, 6.45) is 5.57. The van der Waals surface area contributed by atoms with Gasteiger partial charge in [-0.1, -0.05) is 0 Å². The number of rotatable bonds is 5. The Bertz CT molecular complexity index is 1190. The van der Waals surface area contributed by atoms with Crippen LogP contribution in [0.5, 0.6) is 5.75 Å². The molecule has 2 aromatic carbocycles. The smallest absolute Gasteiger partial charge is 0.256 e. The molecule has 176 valence electrons. The van der Waals surface area contributed by atoms with Crippen molar-refractivity contribution in [3.63, 3.8) is 0 Å². The van der Waals surface area contributed by atoms with Gasteiger partial charge in [0.1, 0.15) is 12.1 Å². The molecule has 0 aliphatic carbocycles. The van der Waals surface area contributed by atoms with Crippen molar-refractivity contribution in [2.24, 2.45) is 0 Å². The summed E-state index contributed by atoms with van der Waals surface area (Å²) >= 11 is 0. The number of aromatic nitrogens is 2. The molecule has 2 aliphatic rings. The Morgan fingerprint density at radius 2 is 1.76 bits per heavy atom. The van der Waals surface area contributed by atoms with E-state index in [9.17, 15) is 4.79 Å². The lowest BCUT2D eigenvalue weighted by Gasteiger charge is -2.35. The molecule has 1 saturated heterocycles. The van der Waals surface area contributed by atoms with Gasteiger partial charge >= 0.3 is 0 Å². The van der Waals surface area contributed by atoms with Crippen molar-refractivity contribution in [1.82, 2.24) is 14.9 Å². The lowest BCUT2D eigenvalue weighted by Crippen LogP contribution is -2.44. The molecule has 5 rings (SSSR count). The molecule has 34 heavy (non-hydrogen) atoms. The van der Waals surface area contributed by atoms with Crippen LogP contribution < -0.4 is 19.9 Å². The van der Waals surface area contributed by atoms with Gasteiger partial charge in [0.05, 0.1) is 30.9 Å². The van der Waals surface area contributed by atoms with Crippen LogP contribution in [0, 0.1) is 6.92 Å². The van der Waals surface area contributed by atoms with Gasteiger partial charge in [0.25, 0.3) is 5.91 Å². The fourth-order valence-electron chi connectivity index (χ4n) is 4.76. The summed E-state index contributed by atoms with van der Waals surface area (Å²) in [6, 6.07) is 10.5. The van der Waals surface area contributed by atoms with Crippen molar-refractivity contribution in [1.29, 1.82) is 0 Å². The van der Waals surface area contributed by atoms with Crippen LogP contribution in [0.25, 0.3) is 0 Å². The average Bonchev–Trinajstić information content (AvgIpc) is 3.27. The van der Waals surface area contributed by atoms with Crippen molar-refractivity contribution in [3.8, 4) is 5.75 Å². The number of benzene rings is 2. The highest BCUT2D eigenvalue weighted by Gasteiger charge is 2.26. The second kappa shape index (κ2) is 9.30. The molecule has 8 heteroatoms. The number of amides is 1. The summed E-state index contributed by atoms with van der Waals surface area (Å²) in [7, 11) is 3.92. The SMILES string of the molecule is COc1cc2c(cc1N1CCN(C)CC1)N(c1ccc(C(=O)Nc3cncnc3)c(C)c1)CC2. The van der Waals surface area contributed by atoms with E-state index in [-0.39, 0.29) is 5.91 Å². The van der Waals surface area contributed by atoms with E-state index in [1.807, 2.05) is 19.1 Å². The maximum absolute atomic E-state index is 12.8. The summed E-state index contributed by atoms with van der Waals surface area (Å²) in [5, 5.41) is 2.86. The van der Waals surface area contributed by atoms with E-state index >= 15 is 0 Å². The molecule has 3 heterocycles. The van der Waals surface area contributed by atoms with Crippen molar-refractivity contribution < 1.29 is 9.53 Å². The lowest BCUT2D eigenvalue weighted by atomic mass is 10.1. The molecule has 2 aliphatic heterocycles. The van der Waals surface area contributed by atoms with Crippen molar-refractivity contribution in [2.75, 3.05) is 62.0 Å². The number of piperazine rings is 1. The number of ether oxygens (including phenoxy) is 1. The van der Waals surface area contributed by atoms with Gasteiger partial charge in [0, 0.05) is 49.7 Å². The Balaban J connectivity index is 1.41. The third kappa shape index (κ3) is 4.28. The molecule has 1 amide bonds. The Labute approximate surface area is 200 Å². The van der Waals surface area contributed by atoms with Crippen LogP contribution in [0.15, 0.2) is 49.1 Å². The predicted octanol–water partition coefficient (Wildman–Crippen LogP) is 3.49. The standard InChI is InChI=1S/C26H30N6O2/c1-18-12-21(4-5-22(18)26(33)29-20-15-27-17-28-16-20)32-7-6-19-13-25(34-3)24(14-23(19)32)31-10-8-30(2)9-11-31/h4-5,12-17H,6-11H2,1-3H3,(H,29,33). The highest BCUT2D eigenvalue weighted by molar-refractivity contribution is 6.05. The molecule has 3 aromatic rings. The topological polar surface area (TPSA) is 73.8 Å². The van der Waals surface area contributed by atoms with Crippen LogP contribution in [0.2, 0.25) is 0 Å². The zero-order valence-corrected chi connectivity index (χ0v) is 19.9. The normalized spacial score (nSPS) is 15.9. The Morgan fingerprint density at radius 1 is 1.00 bits per heavy atom. The first-order chi connectivity index (χ1) is 16.5. The van der Waals surface area contributed by atoms with Gasteiger partial charge in [-0.15, -0.1) is 0 Å². The number of hydrogen-bond donors (Lipinski definition) is 1. The monoisotopic (exact) mass is 458 g/mol. The van der Waals surface area contributed by atoms with Crippen molar-refractivity contribution in [2.45, 2.75) is 13.3 Å². The fraction of sp³-hybridized carbons (Fsp3) is 0.346. The number of methoxy groups -OCH3 is 1. The Hall–Kier alpha value is -3.65. The van der Waals surface area contributed by atoms with Crippen LogP contribution in [-0.4, -0.2) is 67.7 Å². The van der Waals surface area contributed by atoms with Crippen molar-refractivity contribution >= 4 is 28.7 Å². The maximum atomic E-state index is 12.8. The van der Waals surface area contributed by atoms with E-state index in [2.05, 4.69) is 55.2 Å². The van der Waals surface area contributed by atoms with E-state index < -0.39 is 0 Å².